The topological polar surface area (TPSA) is 86.8 Å². The molecule has 47 heavy (non-hydrogen) atoms. The zero-order valence-corrected chi connectivity index (χ0v) is 28.8. The van der Waals surface area contributed by atoms with E-state index in [0.717, 1.165) is 41.6 Å². The van der Waals surface area contributed by atoms with Gasteiger partial charge >= 0.3 is 0 Å². The van der Waals surface area contributed by atoms with Crippen LogP contribution in [0.4, 0.5) is 5.69 Å². The molecule has 7 nitrogen and oxygen atoms in total. The molecular weight excluding hydrogens is 607 g/mol. The number of benzene rings is 3. The van der Waals surface area contributed by atoms with Gasteiger partial charge in [0.2, 0.25) is 21.8 Å². The first-order valence-corrected chi connectivity index (χ1v) is 19.1. The number of anilines is 1. The second-order valence-electron chi connectivity index (χ2n) is 14.5. The highest BCUT2D eigenvalue weighted by atomic mass is 32.2. The first-order valence-electron chi connectivity index (χ1n) is 17.3. The second-order valence-corrected chi connectivity index (χ2v) is 16.5. The quantitative estimate of drug-likeness (QED) is 0.229. The van der Waals surface area contributed by atoms with Crippen molar-refractivity contribution in [3.63, 3.8) is 0 Å². The first-order chi connectivity index (χ1) is 22.5. The van der Waals surface area contributed by atoms with Gasteiger partial charge in [-0.15, -0.1) is 0 Å². The van der Waals surface area contributed by atoms with Crippen molar-refractivity contribution in [3.8, 4) is 0 Å². The largest absolute Gasteiger partial charge is 0.352 e. The first kappa shape index (κ1) is 33.3. The van der Waals surface area contributed by atoms with Gasteiger partial charge in [-0.2, -0.15) is 0 Å². The highest BCUT2D eigenvalue weighted by molar-refractivity contribution is 7.92. The Labute approximate surface area is 280 Å². The van der Waals surface area contributed by atoms with Gasteiger partial charge in [0.25, 0.3) is 0 Å². The van der Waals surface area contributed by atoms with Crippen molar-refractivity contribution in [3.05, 3.63) is 102 Å². The van der Waals surface area contributed by atoms with Crippen molar-refractivity contribution in [2.75, 3.05) is 17.1 Å². The highest BCUT2D eigenvalue weighted by Gasteiger charge is 2.51. The molecule has 0 aliphatic heterocycles. The van der Waals surface area contributed by atoms with E-state index in [4.69, 9.17) is 0 Å². The van der Waals surface area contributed by atoms with E-state index in [1.54, 1.807) is 4.90 Å². The van der Waals surface area contributed by atoms with Gasteiger partial charge in [-0.1, -0.05) is 79.7 Å². The predicted octanol–water partition coefficient (Wildman–Crippen LogP) is 6.48. The molecule has 0 spiro atoms. The Morgan fingerprint density at radius 3 is 1.87 bits per heavy atom. The molecule has 4 fully saturated rings. The Bertz CT molecular complexity index is 1610. The smallest absolute Gasteiger partial charge is 0.244 e. The van der Waals surface area contributed by atoms with Gasteiger partial charge in [0.15, 0.2) is 0 Å². The SMILES string of the molecule is CCC(C)NC(=O)C(Cc1ccccc1)N(Cc1ccccc1)C(=O)CN(c1ccc(C23CC4CC(CC(C4)C2)C3)cc1)S(C)(=O)=O. The second kappa shape index (κ2) is 13.8. The summed E-state index contributed by atoms with van der Waals surface area (Å²) in [6.45, 7) is 3.72. The number of nitrogens with zero attached hydrogens (tertiary/aromatic N) is 2. The molecule has 0 aromatic heterocycles. The van der Waals surface area contributed by atoms with E-state index in [1.807, 2.05) is 86.6 Å². The van der Waals surface area contributed by atoms with Crippen molar-refractivity contribution in [1.29, 1.82) is 0 Å². The van der Waals surface area contributed by atoms with E-state index >= 15 is 0 Å². The van der Waals surface area contributed by atoms with Gasteiger partial charge in [-0.05, 0) is 104 Å². The molecule has 250 valence electrons. The standard InChI is InChI=1S/C39H49N3O4S/c1-4-28(2)40-38(44)36(22-29-11-7-5-8-12-29)41(26-30-13-9-6-10-14-30)37(43)27-42(47(3,45)46)35-17-15-34(16-18-35)39-23-31-19-32(24-39)21-33(20-31)25-39/h5-18,28,31-33,36H,4,19-27H2,1-3H3,(H,40,44). The number of sulfonamides is 1. The average molecular weight is 656 g/mol. The zero-order chi connectivity index (χ0) is 33.2. The molecule has 2 unspecified atom stereocenters. The Hall–Kier alpha value is -3.65. The normalized spacial score (nSPS) is 24.4. The summed E-state index contributed by atoms with van der Waals surface area (Å²) in [6.07, 6.45) is 9.96. The van der Waals surface area contributed by atoms with Crippen molar-refractivity contribution in [2.45, 2.75) is 89.3 Å². The number of amides is 2. The molecule has 2 atom stereocenters. The molecule has 3 aromatic rings. The van der Waals surface area contributed by atoms with Gasteiger partial charge in [0, 0.05) is 19.0 Å². The summed E-state index contributed by atoms with van der Waals surface area (Å²) in [5, 5.41) is 3.08. The fourth-order valence-electron chi connectivity index (χ4n) is 8.83. The zero-order valence-electron chi connectivity index (χ0n) is 28.0. The lowest BCUT2D eigenvalue weighted by molar-refractivity contribution is -0.140. The maximum Gasteiger partial charge on any atom is 0.244 e. The molecule has 0 saturated heterocycles. The van der Waals surface area contributed by atoms with Crippen LogP contribution in [0.1, 0.15) is 75.5 Å². The summed E-state index contributed by atoms with van der Waals surface area (Å²) in [6, 6.07) is 26.2. The van der Waals surface area contributed by atoms with E-state index in [-0.39, 0.29) is 23.9 Å². The lowest BCUT2D eigenvalue weighted by Crippen LogP contribution is -2.54. The molecule has 1 N–H and O–H groups in total. The van der Waals surface area contributed by atoms with Gasteiger partial charge < -0.3 is 10.2 Å². The van der Waals surface area contributed by atoms with E-state index < -0.39 is 28.5 Å². The van der Waals surface area contributed by atoms with E-state index in [9.17, 15) is 18.0 Å². The summed E-state index contributed by atoms with van der Waals surface area (Å²) in [5.74, 6) is 1.75. The summed E-state index contributed by atoms with van der Waals surface area (Å²) < 4.78 is 27.8. The molecule has 3 aromatic carbocycles. The molecule has 0 heterocycles. The molecule has 4 aliphatic rings. The maximum absolute atomic E-state index is 14.4. The molecule has 8 heteroatoms. The minimum absolute atomic E-state index is 0.0746. The number of carbonyl (C=O) groups is 2. The summed E-state index contributed by atoms with van der Waals surface area (Å²) >= 11 is 0. The minimum Gasteiger partial charge on any atom is -0.352 e. The lowest BCUT2D eigenvalue weighted by atomic mass is 9.48. The summed E-state index contributed by atoms with van der Waals surface area (Å²) in [4.78, 5) is 29.8. The van der Waals surface area contributed by atoms with Gasteiger partial charge in [-0.25, -0.2) is 8.42 Å². The third-order valence-corrected chi connectivity index (χ3v) is 12.1. The third kappa shape index (κ3) is 7.58. The molecule has 4 saturated carbocycles. The number of carbonyl (C=O) groups excluding carboxylic acids is 2. The molecule has 0 radical (unpaired) electrons. The molecular formula is C39H49N3O4S. The number of hydrogen-bond acceptors (Lipinski definition) is 4. The Kier molecular flexibility index (Phi) is 9.79. The Morgan fingerprint density at radius 2 is 1.36 bits per heavy atom. The third-order valence-electron chi connectivity index (χ3n) is 11.0. The van der Waals surface area contributed by atoms with Crippen LogP contribution in [0, 0.1) is 17.8 Å². The van der Waals surface area contributed by atoms with Crippen LogP contribution in [-0.2, 0) is 38.0 Å². The van der Waals surface area contributed by atoms with Crippen molar-refractivity contribution in [2.24, 2.45) is 17.8 Å². The minimum atomic E-state index is -3.82. The van der Waals surface area contributed by atoms with Crippen LogP contribution in [0.5, 0.6) is 0 Å². The average Bonchev–Trinajstić information content (AvgIpc) is 3.05. The van der Waals surface area contributed by atoms with E-state index in [1.165, 1.54) is 48.4 Å². The van der Waals surface area contributed by atoms with Crippen LogP contribution in [0.2, 0.25) is 0 Å². The van der Waals surface area contributed by atoms with Gasteiger partial charge in [0.1, 0.15) is 12.6 Å². The van der Waals surface area contributed by atoms with Crippen LogP contribution < -0.4 is 9.62 Å². The van der Waals surface area contributed by atoms with E-state index in [0.29, 0.717) is 12.1 Å². The fourth-order valence-corrected chi connectivity index (χ4v) is 9.68. The molecule has 4 aliphatic carbocycles. The van der Waals surface area contributed by atoms with Crippen LogP contribution >= 0.6 is 0 Å². The summed E-state index contributed by atoms with van der Waals surface area (Å²) in [7, 11) is -3.82. The van der Waals surface area contributed by atoms with Crippen molar-refractivity contribution < 1.29 is 18.0 Å². The highest BCUT2D eigenvalue weighted by Crippen LogP contribution is 2.60. The number of rotatable bonds is 13. The van der Waals surface area contributed by atoms with Crippen molar-refractivity contribution >= 4 is 27.5 Å². The van der Waals surface area contributed by atoms with E-state index in [2.05, 4.69) is 17.4 Å². The monoisotopic (exact) mass is 655 g/mol. The number of nitrogens with one attached hydrogen (secondary N) is 1. The van der Waals surface area contributed by atoms with Crippen molar-refractivity contribution in [1.82, 2.24) is 10.2 Å². The van der Waals surface area contributed by atoms with Crippen LogP contribution in [0.25, 0.3) is 0 Å². The van der Waals surface area contributed by atoms with Gasteiger partial charge in [-0.3, -0.25) is 13.9 Å². The lowest BCUT2D eigenvalue weighted by Gasteiger charge is -2.57. The molecule has 2 amide bonds. The van der Waals surface area contributed by atoms with Gasteiger partial charge in [0.05, 0.1) is 11.9 Å². The maximum atomic E-state index is 14.4. The van der Waals surface area contributed by atoms with Crippen LogP contribution in [0.3, 0.4) is 0 Å². The van der Waals surface area contributed by atoms with Crippen LogP contribution in [0.15, 0.2) is 84.9 Å². The number of hydrogen-bond donors (Lipinski definition) is 1. The molecule has 7 rings (SSSR count). The predicted molar refractivity (Wildman–Crippen MR) is 187 cm³/mol. The Balaban J connectivity index is 1.30. The molecule has 4 bridgehead atoms. The fraction of sp³-hybridized carbons (Fsp3) is 0.487. The Morgan fingerprint density at radius 1 is 0.830 bits per heavy atom. The van der Waals surface area contributed by atoms with Crippen LogP contribution in [-0.4, -0.2) is 50.0 Å². The summed E-state index contributed by atoms with van der Waals surface area (Å²) in [5.41, 5.74) is 3.75.